The molecule has 2 atom stereocenters. The quantitative estimate of drug-likeness (QED) is 0.0418. The van der Waals surface area contributed by atoms with Crippen LogP contribution in [-0.2, 0) is 14.3 Å². The summed E-state index contributed by atoms with van der Waals surface area (Å²) in [7, 11) is 0. The zero-order valence-electron chi connectivity index (χ0n) is 42.1. The first-order valence-electron chi connectivity index (χ1n) is 28.3. The highest BCUT2D eigenvalue weighted by Gasteiger charge is 2.20. The minimum atomic E-state index is -0.660. The maximum atomic E-state index is 12.4. The third kappa shape index (κ3) is 48.3. The molecule has 0 bridgehead atoms. The molecule has 6 heteroatoms. The lowest BCUT2D eigenvalue weighted by atomic mass is 10.0. The summed E-state index contributed by atoms with van der Waals surface area (Å²) in [5.41, 5.74) is 0. The fraction of sp³-hybridized carbons (Fsp3) is 0.964. The van der Waals surface area contributed by atoms with Gasteiger partial charge >= 0.3 is 5.97 Å². The van der Waals surface area contributed by atoms with Crippen LogP contribution in [0.4, 0.5) is 0 Å². The number of unbranched alkanes of at least 4 members (excludes halogenated alkanes) is 42. The van der Waals surface area contributed by atoms with E-state index in [9.17, 15) is 19.8 Å². The van der Waals surface area contributed by atoms with Crippen molar-refractivity contribution in [3.8, 4) is 0 Å². The predicted molar refractivity (Wildman–Crippen MR) is 269 cm³/mol. The van der Waals surface area contributed by atoms with Crippen molar-refractivity contribution in [1.82, 2.24) is 5.32 Å². The first-order valence-corrected chi connectivity index (χ1v) is 28.3. The summed E-state index contributed by atoms with van der Waals surface area (Å²) in [6, 6.07) is -0.537. The Bertz CT molecular complexity index is 882. The van der Waals surface area contributed by atoms with Crippen LogP contribution in [-0.4, -0.2) is 47.4 Å². The molecule has 0 fully saturated rings. The Hall–Kier alpha value is -1.14. The highest BCUT2D eigenvalue weighted by Crippen LogP contribution is 2.18. The molecule has 370 valence electrons. The molecule has 0 aromatic rings. The van der Waals surface area contributed by atoms with Crippen LogP contribution < -0.4 is 5.32 Å². The third-order valence-corrected chi connectivity index (χ3v) is 13.4. The topological polar surface area (TPSA) is 95.9 Å². The average molecular weight is 879 g/mol. The molecule has 0 aromatic carbocycles. The molecule has 3 N–H and O–H groups in total. The third-order valence-electron chi connectivity index (χ3n) is 13.4. The van der Waals surface area contributed by atoms with Crippen LogP contribution in [0.5, 0.6) is 0 Å². The number of esters is 1. The van der Waals surface area contributed by atoms with E-state index in [1.54, 1.807) is 0 Å². The van der Waals surface area contributed by atoms with Crippen molar-refractivity contribution in [2.45, 2.75) is 334 Å². The van der Waals surface area contributed by atoms with E-state index in [-0.39, 0.29) is 18.5 Å². The normalized spacial score (nSPS) is 12.5. The van der Waals surface area contributed by atoms with Gasteiger partial charge in [0.1, 0.15) is 0 Å². The van der Waals surface area contributed by atoms with Gasteiger partial charge in [-0.1, -0.05) is 284 Å². The van der Waals surface area contributed by atoms with E-state index < -0.39 is 12.1 Å². The van der Waals surface area contributed by atoms with Crippen LogP contribution in [0.25, 0.3) is 0 Å². The molecule has 62 heavy (non-hydrogen) atoms. The molecular formula is C56H111NO5. The van der Waals surface area contributed by atoms with Gasteiger partial charge in [0.25, 0.3) is 0 Å². The van der Waals surface area contributed by atoms with Crippen molar-refractivity contribution in [2.75, 3.05) is 13.2 Å². The van der Waals surface area contributed by atoms with E-state index >= 15 is 0 Å². The Balaban J connectivity index is 3.33. The van der Waals surface area contributed by atoms with Crippen LogP contribution in [0.2, 0.25) is 0 Å². The number of ether oxygens (including phenoxy) is 1. The maximum Gasteiger partial charge on any atom is 0.305 e. The van der Waals surface area contributed by atoms with Gasteiger partial charge in [0.05, 0.1) is 25.4 Å². The second-order valence-electron chi connectivity index (χ2n) is 19.6. The lowest BCUT2D eigenvalue weighted by Gasteiger charge is -2.22. The van der Waals surface area contributed by atoms with E-state index in [2.05, 4.69) is 19.2 Å². The van der Waals surface area contributed by atoms with Gasteiger partial charge in [0, 0.05) is 12.8 Å². The van der Waals surface area contributed by atoms with Crippen LogP contribution in [0.1, 0.15) is 322 Å². The van der Waals surface area contributed by atoms with Crippen LogP contribution in [0.3, 0.4) is 0 Å². The number of hydrogen-bond donors (Lipinski definition) is 3. The number of carbonyl (C=O) groups excluding carboxylic acids is 2. The second-order valence-corrected chi connectivity index (χ2v) is 19.6. The molecule has 0 saturated carbocycles. The lowest BCUT2D eigenvalue weighted by Crippen LogP contribution is -2.45. The first-order chi connectivity index (χ1) is 30.5. The number of nitrogens with one attached hydrogen (secondary N) is 1. The van der Waals surface area contributed by atoms with E-state index in [1.807, 2.05) is 0 Å². The number of hydrogen-bond acceptors (Lipinski definition) is 5. The van der Waals surface area contributed by atoms with Crippen molar-refractivity contribution in [1.29, 1.82) is 0 Å². The molecule has 6 nitrogen and oxygen atoms in total. The Labute approximate surface area is 387 Å². The fourth-order valence-corrected chi connectivity index (χ4v) is 9.05. The first kappa shape index (κ1) is 60.9. The number of aliphatic hydroxyl groups is 2. The number of amides is 1. The summed E-state index contributed by atoms with van der Waals surface area (Å²) in [6.07, 6.45) is 59.6. The van der Waals surface area contributed by atoms with Gasteiger partial charge < -0.3 is 20.3 Å². The van der Waals surface area contributed by atoms with Gasteiger partial charge in [-0.2, -0.15) is 0 Å². The molecule has 0 heterocycles. The monoisotopic (exact) mass is 878 g/mol. The maximum absolute atomic E-state index is 12.4. The van der Waals surface area contributed by atoms with E-state index in [0.29, 0.717) is 25.9 Å². The lowest BCUT2D eigenvalue weighted by molar-refractivity contribution is -0.143. The van der Waals surface area contributed by atoms with Crippen molar-refractivity contribution >= 4 is 11.9 Å². The van der Waals surface area contributed by atoms with E-state index in [1.165, 1.54) is 250 Å². The molecule has 0 saturated heterocycles. The van der Waals surface area contributed by atoms with Crippen molar-refractivity contribution < 1.29 is 24.5 Å². The molecule has 0 radical (unpaired) electrons. The molecule has 0 spiro atoms. The van der Waals surface area contributed by atoms with Gasteiger partial charge in [-0.05, 0) is 25.7 Å². The van der Waals surface area contributed by atoms with E-state index in [0.717, 1.165) is 38.5 Å². The van der Waals surface area contributed by atoms with Gasteiger partial charge in [0.2, 0.25) is 5.91 Å². The van der Waals surface area contributed by atoms with Crippen molar-refractivity contribution in [3.05, 3.63) is 0 Å². The van der Waals surface area contributed by atoms with Gasteiger partial charge in [-0.3, -0.25) is 9.59 Å². The minimum absolute atomic E-state index is 0.0156. The molecule has 2 unspecified atom stereocenters. The summed E-state index contributed by atoms with van der Waals surface area (Å²) < 4.78 is 5.47. The largest absolute Gasteiger partial charge is 0.466 e. The molecule has 0 aromatic heterocycles. The summed E-state index contributed by atoms with van der Waals surface area (Å²) in [6.45, 7) is 4.95. The van der Waals surface area contributed by atoms with Gasteiger partial charge in [0.15, 0.2) is 0 Å². The number of rotatable bonds is 53. The Morgan fingerprint density at radius 1 is 0.387 bits per heavy atom. The number of carbonyl (C=O) groups is 2. The predicted octanol–water partition coefficient (Wildman–Crippen LogP) is 17.1. The molecule has 0 aliphatic carbocycles. The summed E-state index contributed by atoms with van der Waals surface area (Å²) in [5.74, 6) is -0.0190. The highest BCUT2D eigenvalue weighted by molar-refractivity contribution is 5.76. The summed E-state index contributed by atoms with van der Waals surface area (Å²) in [5, 5.41) is 23.1. The molecular weight excluding hydrogens is 767 g/mol. The smallest absolute Gasteiger partial charge is 0.305 e. The standard InChI is InChI=1S/C56H111NO5/c1-3-5-7-9-11-13-15-30-34-38-42-46-50-56(61)62-51-47-43-39-35-31-28-26-24-22-20-18-16-17-19-21-23-25-27-29-33-37-41-45-49-55(60)57-53(52-58)54(59)48-44-40-36-32-14-12-10-8-6-4-2/h53-54,58-59H,3-52H2,1-2H3,(H,57,60). The van der Waals surface area contributed by atoms with Crippen molar-refractivity contribution in [2.24, 2.45) is 0 Å². The number of aliphatic hydroxyl groups excluding tert-OH is 2. The van der Waals surface area contributed by atoms with Gasteiger partial charge in [-0.25, -0.2) is 0 Å². The Morgan fingerprint density at radius 2 is 0.661 bits per heavy atom. The van der Waals surface area contributed by atoms with Crippen molar-refractivity contribution in [3.63, 3.8) is 0 Å². The van der Waals surface area contributed by atoms with Crippen LogP contribution in [0.15, 0.2) is 0 Å². The molecule has 0 aliphatic rings. The average Bonchev–Trinajstić information content (AvgIpc) is 3.27. The summed E-state index contributed by atoms with van der Waals surface area (Å²) in [4.78, 5) is 24.4. The Kier molecular flexibility index (Phi) is 51.5. The zero-order valence-corrected chi connectivity index (χ0v) is 42.1. The summed E-state index contributed by atoms with van der Waals surface area (Å²) >= 11 is 0. The molecule has 0 rings (SSSR count). The SMILES string of the molecule is CCCCCCCCCCCCCCC(=O)OCCCCCCCCCCCCCCCCCCCCCCCCCC(=O)NC(CO)C(O)CCCCCCCCCCCC. The fourth-order valence-electron chi connectivity index (χ4n) is 9.05. The minimum Gasteiger partial charge on any atom is -0.466 e. The highest BCUT2D eigenvalue weighted by atomic mass is 16.5. The van der Waals surface area contributed by atoms with E-state index in [4.69, 9.17) is 4.74 Å². The molecule has 1 amide bonds. The van der Waals surface area contributed by atoms with Gasteiger partial charge in [-0.15, -0.1) is 0 Å². The van der Waals surface area contributed by atoms with Crippen LogP contribution in [0, 0.1) is 0 Å². The molecule has 0 aliphatic heterocycles. The Morgan fingerprint density at radius 3 is 0.984 bits per heavy atom. The zero-order chi connectivity index (χ0) is 45.1. The van der Waals surface area contributed by atoms with Crippen LogP contribution >= 0.6 is 0 Å². The second kappa shape index (κ2) is 52.5.